The largest absolute Gasteiger partial charge is 0.366 e. The summed E-state index contributed by atoms with van der Waals surface area (Å²) in [6.07, 6.45) is 1.78. The average molecular weight is 253 g/mol. The van der Waals surface area contributed by atoms with Gasteiger partial charge in [-0.05, 0) is 29.8 Å². The number of para-hydroxylation sites is 1. The van der Waals surface area contributed by atoms with E-state index in [9.17, 15) is 4.39 Å². The van der Waals surface area contributed by atoms with Crippen LogP contribution in [0.5, 0.6) is 0 Å². The summed E-state index contributed by atoms with van der Waals surface area (Å²) in [5.74, 6) is 0.0467. The highest BCUT2D eigenvalue weighted by atomic mass is 19.1. The Morgan fingerprint density at radius 3 is 2.79 bits per heavy atom. The third-order valence-electron chi connectivity index (χ3n) is 2.91. The summed E-state index contributed by atoms with van der Waals surface area (Å²) in [5.41, 5.74) is 2.06. The Kier molecular flexibility index (Phi) is 3.06. The summed E-state index contributed by atoms with van der Waals surface area (Å²) in [6.45, 7) is 0.583. The topological polar surface area (TPSA) is 37.8 Å². The molecule has 94 valence electrons. The molecular weight excluding hydrogens is 241 g/mol. The van der Waals surface area contributed by atoms with Crippen molar-refractivity contribution in [2.75, 3.05) is 5.32 Å². The normalized spacial score (nSPS) is 10.6. The Morgan fingerprint density at radius 1 is 1.00 bits per heavy atom. The molecule has 0 saturated carbocycles. The number of aromatic nitrogens is 2. The number of rotatable bonds is 3. The van der Waals surface area contributed by atoms with Crippen molar-refractivity contribution in [3.63, 3.8) is 0 Å². The highest BCUT2D eigenvalue weighted by Gasteiger charge is 2.02. The van der Waals surface area contributed by atoms with Gasteiger partial charge in [0.2, 0.25) is 5.95 Å². The minimum absolute atomic E-state index is 0.482. The van der Waals surface area contributed by atoms with Crippen molar-refractivity contribution in [2.45, 2.75) is 6.54 Å². The Morgan fingerprint density at radius 2 is 1.89 bits per heavy atom. The fourth-order valence-electron chi connectivity index (χ4n) is 2.00. The molecule has 3 nitrogen and oxygen atoms in total. The maximum Gasteiger partial charge on any atom is 0.214 e. The first-order chi connectivity index (χ1) is 9.33. The van der Waals surface area contributed by atoms with Crippen LogP contribution >= 0.6 is 0 Å². The summed E-state index contributed by atoms with van der Waals surface area (Å²) in [4.78, 5) is 8.08. The minimum atomic E-state index is -0.482. The maximum atomic E-state index is 13.0. The molecule has 0 amide bonds. The molecule has 0 fully saturated rings. The number of hydrogen-bond donors (Lipinski definition) is 1. The zero-order valence-electron chi connectivity index (χ0n) is 10.2. The van der Waals surface area contributed by atoms with Crippen molar-refractivity contribution in [1.29, 1.82) is 0 Å². The summed E-state index contributed by atoms with van der Waals surface area (Å²) in [6, 6.07) is 14.6. The number of hydrogen-bond acceptors (Lipinski definition) is 3. The molecule has 4 heteroatoms. The van der Waals surface area contributed by atoms with Gasteiger partial charge in [-0.15, -0.1) is 0 Å². The van der Waals surface area contributed by atoms with Gasteiger partial charge < -0.3 is 5.32 Å². The molecule has 19 heavy (non-hydrogen) atoms. The van der Waals surface area contributed by atoms with E-state index in [1.54, 1.807) is 18.3 Å². The third kappa shape index (κ3) is 2.52. The number of pyridine rings is 2. The minimum Gasteiger partial charge on any atom is -0.366 e. The predicted octanol–water partition coefficient (Wildman–Crippen LogP) is 3.38. The number of nitrogens with one attached hydrogen (secondary N) is 1. The van der Waals surface area contributed by atoms with Gasteiger partial charge in [-0.3, -0.25) is 4.98 Å². The fraction of sp³-hybridized carbons (Fsp3) is 0.0667. The molecule has 0 aliphatic rings. The Hall–Kier alpha value is -2.49. The van der Waals surface area contributed by atoms with E-state index in [1.165, 1.54) is 6.07 Å². The van der Waals surface area contributed by atoms with Crippen molar-refractivity contribution >= 4 is 16.7 Å². The monoisotopic (exact) mass is 253 g/mol. The van der Waals surface area contributed by atoms with Crippen molar-refractivity contribution in [3.05, 3.63) is 66.2 Å². The lowest BCUT2D eigenvalue weighted by Gasteiger charge is -2.08. The van der Waals surface area contributed by atoms with Gasteiger partial charge in [0.25, 0.3) is 0 Å². The molecule has 0 aliphatic heterocycles. The summed E-state index contributed by atoms with van der Waals surface area (Å²) in [5, 5.41) is 4.21. The first kappa shape index (κ1) is 11.6. The lowest BCUT2D eigenvalue weighted by Crippen LogP contribution is -2.02. The molecule has 0 aliphatic carbocycles. The van der Waals surface area contributed by atoms with Gasteiger partial charge in [0.15, 0.2) is 0 Å². The van der Waals surface area contributed by atoms with Crippen LogP contribution < -0.4 is 5.32 Å². The van der Waals surface area contributed by atoms with Crippen LogP contribution in [-0.2, 0) is 6.54 Å². The highest BCUT2D eigenvalue weighted by Crippen LogP contribution is 2.17. The molecule has 0 saturated heterocycles. The quantitative estimate of drug-likeness (QED) is 0.727. The summed E-state index contributed by atoms with van der Waals surface area (Å²) >= 11 is 0. The van der Waals surface area contributed by atoms with E-state index in [1.807, 2.05) is 30.3 Å². The van der Waals surface area contributed by atoms with Gasteiger partial charge in [0.05, 0.1) is 5.52 Å². The van der Waals surface area contributed by atoms with E-state index in [-0.39, 0.29) is 0 Å². The number of anilines is 1. The number of nitrogens with zero attached hydrogens (tertiary/aromatic N) is 2. The Labute approximate surface area is 110 Å². The van der Waals surface area contributed by atoms with Crippen molar-refractivity contribution in [2.24, 2.45) is 0 Å². The van der Waals surface area contributed by atoms with Crippen LogP contribution in [0.3, 0.4) is 0 Å². The molecule has 3 aromatic rings. The zero-order valence-corrected chi connectivity index (χ0v) is 10.2. The molecule has 1 aromatic carbocycles. The van der Waals surface area contributed by atoms with Gasteiger partial charge in [0, 0.05) is 18.1 Å². The van der Waals surface area contributed by atoms with E-state index in [0.29, 0.717) is 12.4 Å². The molecule has 1 N–H and O–H groups in total. The van der Waals surface area contributed by atoms with E-state index in [4.69, 9.17) is 0 Å². The predicted molar refractivity (Wildman–Crippen MR) is 73.3 cm³/mol. The van der Waals surface area contributed by atoms with Crippen molar-refractivity contribution < 1.29 is 4.39 Å². The standard InChI is InChI=1S/C15H12FN3/c16-14-6-3-7-15(19-14)18-10-11-8-9-17-13-5-2-1-4-12(11)13/h1-9H,10H2,(H,18,19). The molecule has 3 rings (SSSR count). The zero-order chi connectivity index (χ0) is 13.1. The summed E-state index contributed by atoms with van der Waals surface area (Å²) in [7, 11) is 0. The maximum absolute atomic E-state index is 13.0. The van der Waals surface area contributed by atoms with Crippen LogP contribution in [0.2, 0.25) is 0 Å². The van der Waals surface area contributed by atoms with Crippen LogP contribution in [-0.4, -0.2) is 9.97 Å². The summed E-state index contributed by atoms with van der Waals surface area (Å²) < 4.78 is 13.0. The molecule has 0 radical (unpaired) electrons. The van der Waals surface area contributed by atoms with Crippen LogP contribution in [0, 0.1) is 5.95 Å². The number of benzene rings is 1. The van der Waals surface area contributed by atoms with Gasteiger partial charge in [-0.25, -0.2) is 4.98 Å². The van der Waals surface area contributed by atoms with Gasteiger partial charge in [-0.2, -0.15) is 4.39 Å². The second-order valence-electron chi connectivity index (χ2n) is 4.19. The smallest absolute Gasteiger partial charge is 0.214 e. The fourth-order valence-corrected chi connectivity index (χ4v) is 2.00. The molecule has 2 aromatic heterocycles. The van der Waals surface area contributed by atoms with Crippen molar-refractivity contribution in [1.82, 2.24) is 9.97 Å². The average Bonchev–Trinajstić information content (AvgIpc) is 2.45. The molecule has 0 spiro atoms. The molecular formula is C15H12FN3. The molecule has 2 heterocycles. The highest BCUT2D eigenvalue weighted by molar-refractivity contribution is 5.82. The van der Waals surface area contributed by atoms with E-state index >= 15 is 0 Å². The van der Waals surface area contributed by atoms with Crippen LogP contribution in [0.15, 0.2) is 54.7 Å². The van der Waals surface area contributed by atoms with E-state index in [2.05, 4.69) is 15.3 Å². The third-order valence-corrected chi connectivity index (χ3v) is 2.91. The first-order valence-corrected chi connectivity index (χ1v) is 6.02. The van der Waals surface area contributed by atoms with E-state index < -0.39 is 5.95 Å². The van der Waals surface area contributed by atoms with Gasteiger partial charge >= 0.3 is 0 Å². The number of fused-ring (bicyclic) bond motifs is 1. The lowest BCUT2D eigenvalue weighted by atomic mass is 10.1. The number of halogens is 1. The van der Waals surface area contributed by atoms with Crippen LogP contribution in [0.4, 0.5) is 10.2 Å². The van der Waals surface area contributed by atoms with Gasteiger partial charge in [-0.1, -0.05) is 24.3 Å². The van der Waals surface area contributed by atoms with Crippen molar-refractivity contribution in [3.8, 4) is 0 Å². The van der Waals surface area contributed by atoms with Crippen LogP contribution in [0.1, 0.15) is 5.56 Å². The molecule has 0 atom stereocenters. The molecule has 0 bridgehead atoms. The van der Waals surface area contributed by atoms with Gasteiger partial charge in [0.1, 0.15) is 5.82 Å². The Balaban J connectivity index is 1.86. The lowest BCUT2D eigenvalue weighted by molar-refractivity contribution is 0.585. The second-order valence-corrected chi connectivity index (χ2v) is 4.19. The van der Waals surface area contributed by atoms with E-state index in [0.717, 1.165) is 16.5 Å². The first-order valence-electron chi connectivity index (χ1n) is 6.02. The van der Waals surface area contributed by atoms with Crippen LogP contribution in [0.25, 0.3) is 10.9 Å². The SMILES string of the molecule is Fc1cccc(NCc2ccnc3ccccc23)n1. The second kappa shape index (κ2) is 5.02. The molecule has 0 unspecified atom stereocenters. The Bertz CT molecular complexity index is 707.